The Labute approximate surface area is 143 Å². The first-order valence-electron chi connectivity index (χ1n) is 6.66. The third-order valence-corrected chi connectivity index (χ3v) is 3.31. The summed E-state index contributed by atoms with van der Waals surface area (Å²) in [6, 6.07) is 9.39. The molecule has 3 N–H and O–H groups in total. The number of alkyl carbamates (subject to hydrolysis) is 1. The van der Waals surface area contributed by atoms with Gasteiger partial charge in [-0.05, 0) is 5.56 Å². The highest BCUT2D eigenvalue weighted by Gasteiger charge is 2.07. The molecule has 1 aromatic carbocycles. The van der Waals surface area contributed by atoms with Gasteiger partial charge in [0.25, 0.3) is 0 Å². The van der Waals surface area contributed by atoms with Crippen LogP contribution in [-0.4, -0.2) is 22.6 Å². The quantitative estimate of drug-likeness (QED) is 0.805. The molecule has 0 atom stereocenters. The summed E-state index contributed by atoms with van der Waals surface area (Å²) in [6.07, 6.45) is 2.72. The number of ether oxygens (including phenoxy) is 1. The molecule has 0 aliphatic carbocycles. The van der Waals surface area contributed by atoms with E-state index in [1.165, 1.54) is 0 Å². The predicted molar refractivity (Wildman–Crippen MR) is 90.1 cm³/mol. The Kier molecular flexibility index (Phi) is 6.19. The van der Waals surface area contributed by atoms with Crippen molar-refractivity contribution in [2.24, 2.45) is 0 Å². The van der Waals surface area contributed by atoms with E-state index in [1.54, 1.807) is 12.2 Å². The number of carbonyl (C=O) groups is 1. The van der Waals surface area contributed by atoms with Crippen LogP contribution in [0, 0.1) is 0 Å². The van der Waals surface area contributed by atoms with Gasteiger partial charge in [-0.1, -0.05) is 65.7 Å². The lowest BCUT2D eigenvalue weighted by Crippen LogP contribution is -2.24. The summed E-state index contributed by atoms with van der Waals surface area (Å²) in [6.45, 7) is 0.449. The fourth-order valence-corrected chi connectivity index (χ4v) is 2.19. The summed E-state index contributed by atoms with van der Waals surface area (Å²) in [7, 11) is 0. The molecule has 8 heteroatoms. The van der Waals surface area contributed by atoms with Crippen molar-refractivity contribution in [1.82, 2.24) is 15.3 Å². The van der Waals surface area contributed by atoms with Gasteiger partial charge in [0, 0.05) is 12.1 Å². The number of nitrogens with one attached hydrogen (secondary N) is 1. The Morgan fingerprint density at radius 2 is 1.87 bits per heavy atom. The number of anilines is 1. The Morgan fingerprint density at radius 3 is 2.52 bits per heavy atom. The third-order valence-electron chi connectivity index (χ3n) is 2.73. The lowest BCUT2D eigenvalue weighted by Gasteiger charge is -2.05. The monoisotopic (exact) mass is 352 g/mol. The van der Waals surface area contributed by atoms with Gasteiger partial charge in [-0.15, -0.1) is 0 Å². The molecular weight excluding hydrogens is 339 g/mol. The molecule has 0 saturated heterocycles. The molecular formula is C15H14Cl2N4O2. The molecule has 6 nitrogen and oxygen atoms in total. The average Bonchev–Trinajstić information content (AvgIpc) is 2.52. The summed E-state index contributed by atoms with van der Waals surface area (Å²) < 4.78 is 5.07. The van der Waals surface area contributed by atoms with Crippen LogP contribution in [0.5, 0.6) is 0 Å². The molecule has 23 heavy (non-hydrogen) atoms. The smallest absolute Gasteiger partial charge is 0.407 e. The number of nitrogens with two attached hydrogens (primary N) is 1. The normalized spacial score (nSPS) is 10.7. The Bertz CT molecular complexity index is 685. The van der Waals surface area contributed by atoms with Crippen LogP contribution >= 0.6 is 23.2 Å². The van der Waals surface area contributed by atoms with E-state index in [-0.39, 0.29) is 29.4 Å². The number of benzene rings is 1. The van der Waals surface area contributed by atoms with Crippen molar-refractivity contribution in [3.63, 3.8) is 0 Å². The molecule has 0 aliphatic rings. The summed E-state index contributed by atoms with van der Waals surface area (Å²) in [4.78, 5) is 19.1. The Morgan fingerprint density at radius 1 is 1.22 bits per heavy atom. The van der Waals surface area contributed by atoms with Crippen molar-refractivity contribution in [2.45, 2.75) is 6.61 Å². The zero-order chi connectivity index (χ0) is 16.7. The zero-order valence-corrected chi connectivity index (χ0v) is 13.5. The van der Waals surface area contributed by atoms with Gasteiger partial charge in [0.05, 0.1) is 0 Å². The lowest BCUT2D eigenvalue weighted by atomic mass is 10.2. The number of nitrogens with zero attached hydrogens (tertiary/aromatic N) is 2. The standard InChI is InChI=1S/C15H14Cl2N4O2/c16-12-11(13(17)21-14(18)20-12)7-4-8-19-15(22)23-9-10-5-2-1-3-6-10/h1-7H,8-9H2,(H,19,22)(H2,18,20,21). The molecule has 0 unspecified atom stereocenters. The topological polar surface area (TPSA) is 90.1 Å². The maximum absolute atomic E-state index is 11.5. The van der Waals surface area contributed by atoms with Gasteiger partial charge in [-0.25, -0.2) is 14.8 Å². The van der Waals surface area contributed by atoms with Crippen LogP contribution in [0.4, 0.5) is 10.7 Å². The first-order valence-corrected chi connectivity index (χ1v) is 7.41. The van der Waals surface area contributed by atoms with Crippen molar-refractivity contribution >= 4 is 41.3 Å². The molecule has 0 radical (unpaired) electrons. The minimum atomic E-state index is -0.524. The first-order chi connectivity index (χ1) is 11.1. The number of rotatable bonds is 5. The van der Waals surface area contributed by atoms with E-state index < -0.39 is 6.09 Å². The van der Waals surface area contributed by atoms with Crippen molar-refractivity contribution < 1.29 is 9.53 Å². The molecule has 0 aliphatic heterocycles. The van der Waals surface area contributed by atoms with Crippen molar-refractivity contribution in [3.8, 4) is 0 Å². The van der Waals surface area contributed by atoms with E-state index in [4.69, 9.17) is 33.7 Å². The Hall–Kier alpha value is -2.31. The highest BCUT2D eigenvalue weighted by atomic mass is 35.5. The second-order valence-corrected chi connectivity index (χ2v) is 5.14. The van der Waals surface area contributed by atoms with E-state index >= 15 is 0 Å². The van der Waals surface area contributed by atoms with E-state index in [1.807, 2.05) is 30.3 Å². The van der Waals surface area contributed by atoms with Gasteiger partial charge in [-0.2, -0.15) is 0 Å². The van der Waals surface area contributed by atoms with Gasteiger partial charge in [-0.3, -0.25) is 0 Å². The number of nitrogen functional groups attached to an aromatic ring is 1. The fraction of sp³-hybridized carbons (Fsp3) is 0.133. The summed E-state index contributed by atoms with van der Waals surface area (Å²) in [5, 5.41) is 2.86. The van der Waals surface area contributed by atoms with E-state index in [2.05, 4.69) is 15.3 Å². The SMILES string of the molecule is Nc1nc(Cl)c(C=CCNC(=O)OCc2ccccc2)c(Cl)n1. The second kappa shape index (κ2) is 8.36. The van der Waals surface area contributed by atoms with E-state index in [9.17, 15) is 4.79 Å². The number of carbonyl (C=O) groups excluding carboxylic acids is 1. The number of amides is 1. The molecule has 2 aromatic rings. The largest absolute Gasteiger partial charge is 0.445 e. The maximum atomic E-state index is 11.5. The number of aromatic nitrogens is 2. The second-order valence-electron chi connectivity index (χ2n) is 4.42. The lowest BCUT2D eigenvalue weighted by molar-refractivity contribution is 0.141. The zero-order valence-electron chi connectivity index (χ0n) is 12.0. The van der Waals surface area contributed by atoms with Crippen LogP contribution in [0.1, 0.15) is 11.1 Å². The molecule has 0 fully saturated rings. The average molecular weight is 353 g/mol. The molecule has 1 heterocycles. The summed E-state index contributed by atoms with van der Waals surface area (Å²) in [5.41, 5.74) is 6.76. The van der Waals surface area contributed by atoms with Crippen LogP contribution in [0.25, 0.3) is 6.08 Å². The number of halogens is 2. The summed E-state index contributed by atoms with van der Waals surface area (Å²) >= 11 is 11.8. The van der Waals surface area contributed by atoms with Gasteiger partial charge in [0.1, 0.15) is 16.9 Å². The minimum Gasteiger partial charge on any atom is -0.445 e. The van der Waals surface area contributed by atoms with Gasteiger partial charge >= 0.3 is 6.09 Å². The fourth-order valence-electron chi connectivity index (χ4n) is 1.66. The van der Waals surface area contributed by atoms with Crippen molar-refractivity contribution in [1.29, 1.82) is 0 Å². The Balaban J connectivity index is 1.79. The van der Waals surface area contributed by atoms with Crippen LogP contribution in [-0.2, 0) is 11.3 Å². The highest BCUT2D eigenvalue weighted by Crippen LogP contribution is 2.23. The van der Waals surface area contributed by atoms with Crippen LogP contribution in [0.3, 0.4) is 0 Å². The van der Waals surface area contributed by atoms with Gasteiger partial charge in [0.2, 0.25) is 5.95 Å². The van der Waals surface area contributed by atoms with Crippen LogP contribution in [0.15, 0.2) is 36.4 Å². The van der Waals surface area contributed by atoms with Crippen LogP contribution < -0.4 is 11.1 Å². The van der Waals surface area contributed by atoms with E-state index in [0.29, 0.717) is 5.56 Å². The molecule has 1 aromatic heterocycles. The molecule has 2 rings (SSSR count). The van der Waals surface area contributed by atoms with Crippen molar-refractivity contribution in [3.05, 3.63) is 57.8 Å². The molecule has 0 spiro atoms. The van der Waals surface area contributed by atoms with Gasteiger partial charge < -0.3 is 15.8 Å². The minimum absolute atomic E-state index is 0.000218. The highest BCUT2D eigenvalue weighted by molar-refractivity contribution is 6.35. The molecule has 120 valence electrons. The first kappa shape index (κ1) is 17.1. The number of hydrogen-bond acceptors (Lipinski definition) is 5. The van der Waals surface area contributed by atoms with Crippen molar-refractivity contribution in [2.75, 3.05) is 12.3 Å². The van der Waals surface area contributed by atoms with E-state index in [0.717, 1.165) is 5.56 Å². The molecule has 0 bridgehead atoms. The predicted octanol–water partition coefficient (Wildman–Crippen LogP) is 3.31. The summed E-state index contributed by atoms with van der Waals surface area (Å²) in [5.74, 6) is -0.000218. The van der Waals surface area contributed by atoms with Gasteiger partial charge in [0.15, 0.2) is 0 Å². The van der Waals surface area contributed by atoms with Crippen LogP contribution in [0.2, 0.25) is 10.3 Å². The third kappa shape index (κ3) is 5.43. The molecule has 1 amide bonds. The maximum Gasteiger partial charge on any atom is 0.407 e. The molecule has 0 saturated carbocycles. The number of hydrogen-bond donors (Lipinski definition) is 2.